The Morgan fingerprint density at radius 1 is 1.65 bits per heavy atom. The third-order valence-electron chi connectivity index (χ3n) is 2.40. The van der Waals surface area contributed by atoms with Crippen LogP contribution in [0.4, 0.5) is 5.69 Å². The molecule has 1 unspecified atom stereocenters. The Balaban J connectivity index is 2.82. The largest absolute Gasteiger partial charge is 0.381 e. The molecule has 96 valence electrons. The minimum Gasteiger partial charge on any atom is -0.381 e. The Labute approximate surface area is 111 Å². The summed E-state index contributed by atoms with van der Waals surface area (Å²) in [5, 5.41) is 7.91. The first kappa shape index (κ1) is 14.4. The van der Waals surface area contributed by atoms with Gasteiger partial charge in [-0.05, 0) is 12.7 Å². The molecule has 1 rings (SSSR count). The van der Waals surface area contributed by atoms with Crippen LogP contribution in [0.15, 0.2) is 11.0 Å². The van der Waals surface area contributed by atoms with E-state index in [1.54, 1.807) is 18.0 Å². The van der Waals surface area contributed by atoms with E-state index in [1.165, 1.54) is 4.68 Å². The molecule has 6 heteroatoms. The van der Waals surface area contributed by atoms with E-state index in [9.17, 15) is 4.79 Å². The lowest BCUT2D eigenvalue weighted by atomic mass is 10.4. The molecule has 17 heavy (non-hydrogen) atoms. The summed E-state index contributed by atoms with van der Waals surface area (Å²) in [6.45, 7) is 5.46. The van der Waals surface area contributed by atoms with Gasteiger partial charge >= 0.3 is 0 Å². The number of thioether (sulfide) groups is 1. The van der Waals surface area contributed by atoms with Gasteiger partial charge in [-0.15, -0.1) is 0 Å². The lowest BCUT2D eigenvalue weighted by molar-refractivity contribution is 0.568. The second-order valence-electron chi connectivity index (χ2n) is 3.83. The van der Waals surface area contributed by atoms with Crippen molar-refractivity contribution in [2.45, 2.75) is 32.1 Å². The van der Waals surface area contributed by atoms with Crippen molar-refractivity contribution in [3.05, 3.63) is 21.6 Å². The molecule has 0 saturated heterocycles. The minimum atomic E-state index is -0.227. The van der Waals surface area contributed by atoms with E-state index in [-0.39, 0.29) is 10.6 Å². The van der Waals surface area contributed by atoms with Crippen LogP contribution in [0.2, 0.25) is 5.02 Å². The van der Waals surface area contributed by atoms with Gasteiger partial charge in [-0.2, -0.15) is 16.9 Å². The molecule has 1 heterocycles. The summed E-state index contributed by atoms with van der Waals surface area (Å²) < 4.78 is 1.39. The van der Waals surface area contributed by atoms with Crippen LogP contribution in [-0.4, -0.2) is 27.8 Å². The molecule has 0 fully saturated rings. The van der Waals surface area contributed by atoms with Gasteiger partial charge in [0.15, 0.2) is 0 Å². The van der Waals surface area contributed by atoms with Gasteiger partial charge in [-0.3, -0.25) is 4.79 Å². The van der Waals surface area contributed by atoms with Crippen LogP contribution in [0.3, 0.4) is 0 Å². The number of rotatable bonds is 6. The van der Waals surface area contributed by atoms with Crippen LogP contribution < -0.4 is 10.9 Å². The van der Waals surface area contributed by atoms with Crippen LogP contribution in [0.5, 0.6) is 0 Å². The van der Waals surface area contributed by atoms with Gasteiger partial charge < -0.3 is 5.32 Å². The lowest BCUT2D eigenvalue weighted by Gasteiger charge is -2.12. The molecule has 1 N–H and O–H groups in total. The Morgan fingerprint density at radius 3 is 2.94 bits per heavy atom. The van der Waals surface area contributed by atoms with Gasteiger partial charge in [0.2, 0.25) is 0 Å². The van der Waals surface area contributed by atoms with Gasteiger partial charge in [0.25, 0.3) is 5.56 Å². The maximum absolute atomic E-state index is 11.8. The summed E-state index contributed by atoms with van der Waals surface area (Å²) in [6.07, 6.45) is 4.53. The standard InChI is InChI=1S/C11H18ClN3OS/c1-4-5-15-11(16)10(12)9(7-14-15)13-6-8(2)17-3/h7-8,13H,4-6H2,1-3H3. The molecule has 1 aromatic heterocycles. The van der Waals surface area contributed by atoms with Gasteiger partial charge in [-0.25, -0.2) is 4.68 Å². The van der Waals surface area contributed by atoms with Gasteiger partial charge in [-0.1, -0.05) is 25.4 Å². The highest BCUT2D eigenvalue weighted by atomic mass is 35.5. The van der Waals surface area contributed by atoms with E-state index in [2.05, 4.69) is 17.3 Å². The Bertz CT molecular complexity index is 422. The summed E-state index contributed by atoms with van der Waals surface area (Å²) >= 11 is 7.77. The highest BCUT2D eigenvalue weighted by Crippen LogP contribution is 2.16. The monoisotopic (exact) mass is 275 g/mol. The van der Waals surface area contributed by atoms with E-state index < -0.39 is 0 Å². The molecule has 0 aliphatic heterocycles. The average Bonchev–Trinajstić information content (AvgIpc) is 2.34. The van der Waals surface area contributed by atoms with E-state index in [1.807, 2.05) is 13.2 Å². The third kappa shape index (κ3) is 3.92. The van der Waals surface area contributed by atoms with Crippen LogP contribution >= 0.6 is 23.4 Å². The Kier molecular flexibility index (Phi) is 5.85. The van der Waals surface area contributed by atoms with Crippen molar-refractivity contribution < 1.29 is 0 Å². The summed E-state index contributed by atoms with van der Waals surface area (Å²) in [5.41, 5.74) is 0.389. The smallest absolute Gasteiger partial charge is 0.287 e. The summed E-state index contributed by atoms with van der Waals surface area (Å²) in [4.78, 5) is 11.8. The molecule has 4 nitrogen and oxygen atoms in total. The molecule has 1 aromatic rings. The number of nitrogens with zero attached hydrogens (tertiary/aromatic N) is 2. The fourth-order valence-corrected chi connectivity index (χ4v) is 1.76. The summed E-state index contributed by atoms with van der Waals surface area (Å²) in [5.74, 6) is 0. The highest BCUT2D eigenvalue weighted by molar-refractivity contribution is 7.99. The van der Waals surface area contributed by atoms with Crippen LogP contribution in [-0.2, 0) is 6.54 Å². The predicted octanol–water partition coefficient (Wildman–Crippen LogP) is 2.47. The van der Waals surface area contributed by atoms with Crippen molar-refractivity contribution >= 4 is 29.1 Å². The zero-order valence-electron chi connectivity index (χ0n) is 10.4. The van der Waals surface area contributed by atoms with Crippen molar-refractivity contribution in [3.8, 4) is 0 Å². The van der Waals surface area contributed by atoms with E-state index in [0.29, 0.717) is 17.5 Å². The van der Waals surface area contributed by atoms with E-state index in [0.717, 1.165) is 13.0 Å². The molecule has 0 aromatic carbocycles. The first-order valence-corrected chi connectivity index (χ1v) is 7.29. The van der Waals surface area contributed by atoms with E-state index >= 15 is 0 Å². The fourth-order valence-electron chi connectivity index (χ4n) is 1.30. The second kappa shape index (κ2) is 6.91. The SMILES string of the molecule is CCCn1ncc(NCC(C)SC)c(Cl)c1=O. The Hall–Kier alpha value is -0.680. The first-order valence-electron chi connectivity index (χ1n) is 5.62. The molecule has 0 saturated carbocycles. The second-order valence-corrected chi connectivity index (χ2v) is 5.48. The number of halogens is 1. The summed E-state index contributed by atoms with van der Waals surface area (Å²) in [7, 11) is 0. The van der Waals surface area contributed by atoms with Gasteiger partial charge in [0.1, 0.15) is 5.02 Å². The Morgan fingerprint density at radius 2 is 2.35 bits per heavy atom. The number of aromatic nitrogens is 2. The number of nitrogens with one attached hydrogen (secondary N) is 1. The highest BCUT2D eigenvalue weighted by Gasteiger charge is 2.09. The maximum atomic E-state index is 11.8. The number of hydrogen-bond donors (Lipinski definition) is 1. The molecule has 0 spiro atoms. The van der Waals surface area contributed by atoms with Crippen LogP contribution in [0.1, 0.15) is 20.3 Å². The first-order chi connectivity index (χ1) is 8.10. The topological polar surface area (TPSA) is 46.9 Å². The quantitative estimate of drug-likeness (QED) is 0.866. The minimum absolute atomic E-state index is 0.224. The molecule has 0 aliphatic rings. The van der Waals surface area contributed by atoms with Crippen molar-refractivity contribution in [2.24, 2.45) is 0 Å². The van der Waals surface area contributed by atoms with Gasteiger partial charge in [0, 0.05) is 18.3 Å². The summed E-state index contributed by atoms with van der Waals surface area (Å²) in [6, 6.07) is 0. The van der Waals surface area contributed by atoms with Crippen LogP contribution in [0.25, 0.3) is 0 Å². The lowest BCUT2D eigenvalue weighted by Crippen LogP contribution is -2.25. The normalized spacial score (nSPS) is 12.5. The molecule has 0 amide bonds. The molecule has 0 aliphatic carbocycles. The van der Waals surface area contributed by atoms with Gasteiger partial charge in [0.05, 0.1) is 11.9 Å². The van der Waals surface area contributed by atoms with Crippen molar-refractivity contribution in [1.29, 1.82) is 0 Å². The van der Waals surface area contributed by atoms with Crippen molar-refractivity contribution in [1.82, 2.24) is 9.78 Å². The number of hydrogen-bond acceptors (Lipinski definition) is 4. The molecule has 1 atom stereocenters. The zero-order valence-corrected chi connectivity index (χ0v) is 11.9. The van der Waals surface area contributed by atoms with Crippen molar-refractivity contribution in [2.75, 3.05) is 18.1 Å². The maximum Gasteiger partial charge on any atom is 0.287 e. The molecular formula is C11H18ClN3OS. The zero-order chi connectivity index (χ0) is 12.8. The number of anilines is 1. The molecule has 0 bridgehead atoms. The molecular weight excluding hydrogens is 258 g/mol. The van der Waals surface area contributed by atoms with E-state index in [4.69, 9.17) is 11.6 Å². The van der Waals surface area contributed by atoms with Crippen LogP contribution in [0, 0.1) is 0 Å². The molecule has 0 radical (unpaired) electrons. The van der Waals surface area contributed by atoms with Crippen molar-refractivity contribution in [3.63, 3.8) is 0 Å². The number of aryl methyl sites for hydroxylation is 1. The average molecular weight is 276 g/mol. The fraction of sp³-hybridized carbons (Fsp3) is 0.636. The predicted molar refractivity (Wildman–Crippen MR) is 75.3 cm³/mol. The third-order valence-corrected chi connectivity index (χ3v) is 3.74.